The summed E-state index contributed by atoms with van der Waals surface area (Å²) in [6.45, 7) is 0. The number of rotatable bonds is 4. The van der Waals surface area contributed by atoms with Crippen molar-refractivity contribution in [2.24, 2.45) is 0 Å². The van der Waals surface area contributed by atoms with Crippen molar-refractivity contribution in [3.63, 3.8) is 0 Å². The lowest BCUT2D eigenvalue weighted by atomic mass is 10.2. The number of aromatic nitrogens is 3. The van der Waals surface area contributed by atoms with E-state index < -0.39 is 0 Å². The summed E-state index contributed by atoms with van der Waals surface area (Å²) < 4.78 is 1.79. The van der Waals surface area contributed by atoms with Crippen LogP contribution in [-0.4, -0.2) is 26.7 Å². The first-order valence-electron chi connectivity index (χ1n) is 7.68. The smallest absolute Gasteiger partial charge is 0.272 e. The highest BCUT2D eigenvalue weighted by atomic mass is 16.2. The van der Waals surface area contributed by atoms with Gasteiger partial charge in [-0.05, 0) is 43.2 Å². The van der Waals surface area contributed by atoms with Gasteiger partial charge in [0, 0.05) is 24.0 Å². The van der Waals surface area contributed by atoms with E-state index in [-0.39, 0.29) is 5.91 Å². The monoisotopic (exact) mass is 304 g/mol. The van der Waals surface area contributed by atoms with E-state index in [1.165, 1.54) is 0 Å². The zero-order valence-electron chi connectivity index (χ0n) is 12.5. The number of nitrogens with one attached hydrogen (secondary N) is 1. The number of hydrogen-bond donors (Lipinski definition) is 1. The van der Waals surface area contributed by atoms with E-state index in [0.29, 0.717) is 11.7 Å². The maximum absolute atomic E-state index is 12.3. The lowest BCUT2D eigenvalue weighted by molar-refractivity contribution is 0.0945. The van der Waals surface area contributed by atoms with Gasteiger partial charge >= 0.3 is 0 Å². The third kappa shape index (κ3) is 2.85. The van der Waals surface area contributed by atoms with Gasteiger partial charge in [0.05, 0.1) is 11.4 Å². The summed E-state index contributed by atoms with van der Waals surface area (Å²) >= 11 is 0. The third-order valence-electron chi connectivity index (χ3n) is 3.81. The summed E-state index contributed by atoms with van der Waals surface area (Å²) in [4.78, 5) is 16.5. The minimum Gasteiger partial charge on any atom is -0.348 e. The Balaban J connectivity index is 1.79. The lowest BCUT2D eigenvalue weighted by Crippen LogP contribution is -2.25. The fourth-order valence-electron chi connectivity index (χ4n) is 2.46. The van der Waals surface area contributed by atoms with Gasteiger partial charge in [-0.25, -0.2) is 4.68 Å². The molecule has 2 heterocycles. The van der Waals surface area contributed by atoms with Crippen LogP contribution in [0.5, 0.6) is 0 Å². The average molecular weight is 304 g/mol. The molecular formula is C18H16N4O. The fraction of sp³-hybridized carbons (Fsp3) is 0.167. The van der Waals surface area contributed by atoms with Crippen molar-refractivity contribution in [1.29, 1.82) is 0 Å². The molecule has 1 aromatic carbocycles. The van der Waals surface area contributed by atoms with Gasteiger partial charge in [-0.1, -0.05) is 18.2 Å². The number of hydrogen-bond acceptors (Lipinski definition) is 3. The van der Waals surface area contributed by atoms with Crippen molar-refractivity contribution < 1.29 is 4.79 Å². The van der Waals surface area contributed by atoms with Crippen LogP contribution in [0.2, 0.25) is 0 Å². The first-order chi connectivity index (χ1) is 11.3. The number of benzene rings is 1. The van der Waals surface area contributed by atoms with Crippen LogP contribution in [0.1, 0.15) is 23.3 Å². The Bertz CT molecular complexity index is 766. The van der Waals surface area contributed by atoms with E-state index in [0.717, 1.165) is 29.8 Å². The van der Waals surface area contributed by atoms with Gasteiger partial charge < -0.3 is 5.32 Å². The summed E-state index contributed by atoms with van der Waals surface area (Å²) in [5, 5.41) is 7.50. The second-order valence-electron chi connectivity index (χ2n) is 5.65. The molecule has 0 radical (unpaired) electrons. The fourth-order valence-corrected chi connectivity index (χ4v) is 2.46. The van der Waals surface area contributed by atoms with E-state index >= 15 is 0 Å². The van der Waals surface area contributed by atoms with Crippen molar-refractivity contribution in [2.75, 3.05) is 0 Å². The van der Waals surface area contributed by atoms with Gasteiger partial charge in [0.1, 0.15) is 0 Å². The number of carbonyl (C=O) groups excluding carboxylic acids is 1. The number of para-hydroxylation sites is 1. The molecule has 1 aliphatic rings. The van der Waals surface area contributed by atoms with Crippen molar-refractivity contribution in [2.45, 2.75) is 18.9 Å². The number of pyridine rings is 1. The van der Waals surface area contributed by atoms with Crippen molar-refractivity contribution >= 4 is 5.91 Å². The Kier molecular flexibility index (Phi) is 3.38. The SMILES string of the molecule is O=C(NC1CC1)c1cc(-c2cccnc2)n(-c2ccccc2)n1. The molecule has 5 nitrogen and oxygen atoms in total. The molecular weight excluding hydrogens is 288 g/mol. The molecule has 0 unspecified atom stereocenters. The lowest BCUT2D eigenvalue weighted by Gasteiger charge is -2.06. The van der Waals surface area contributed by atoms with Crippen molar-refractivity contribution in [3.8, 4) is 16.9 Å². The second kappa shape index (κ2) is 5.68. The Morgan fingerprint density at radius 3 is 2.65 bits per heavy atom. The molecule has 1 amide bonds. The van der Waals surface area contributed by atoms with Crippen LogP contribution >= 0.6 is 0 Å². The molecule has 1 saturated carbocycles. The summed E-state index contributed by atoms with van der Waals surface area (Å²) in [5.74, 6) is -0.118. The minimum absolute atomic E-state index is 0.118. The van der Waals surface area contributed by atoms with Gasteiger partial charge in [0.25, 0.3) is 5.91 Å². The van der Waals surface area contributed by atoms with Crippen LogP contribution in [0.25, 0.3) is 16.9 Å². The highest BCUT2D eigenvalue weighted by Gasteiger charge is 2.25. The second-order valence-corrected chi connectivity index (χ2v) is 5.65. The zero-order chi connectivity index (χ0) is 15.6. The van der Waals surface area contributed by atoms with Gasteiger partial charge in [0.2, 0.25) is 0 Å². The molecule has 0 bridgehead atoms. The molecule has 2 aromatic heterocycles. The highest BCUT2D eigenvalue weighted by Crippen LogP contribution is 2.24. The summed E-state index contributed by atoms with van der Waals surface area (Å²) in [5.41, 5.74) is 3.12. The van der Waals surface area contributed by atoms with Crippen LogP contribution in [0.3, 0.4) is 0 Å². The summed E-state index contributed by atoms with van der Waals surface area (Å²) in [7, 11) is 0. The van der Waals surface area contributed by atoms with E-state index in [1.807, 2.05) is 48.5 Å². The molecule has 23 heavy (non-hydrogen) atoms. The molecule has 5 heteroatoms. The van der Waals surface area contributed by atoms with Crippen LogP contribution in [0, 0.1) is 0 Å². The molecule has 1 aliphatic carbocycles. The van der Waals surface area contributed by atoms with Crippen LogP contribution < -0.4 is 5.32 Å². The highest BCUT2D eigenvalue weighted by molar-refractivity contribution is 5.94. The Morgan fingerprint density at radius 2 is 1.96 bits per heavy atom. The first-order valence-corrected chi connectivity index (χ1v) is 7.68. The average Bonchev–Trinajstić information content (AvgIpc) is 3.30. The molecule has 0 aliphatic heterocycles. The van der Waals surface area contributed by atoms with Crippen LogP contribution in [0.4, 0.5) is 0 Å². The first kappa shape index (κ1) is 13.7. The molecule has 0 atom stereocenters. The largest absolute Gasteiger partial charge is 0.348 e. The quantitative estimate of drug-likeness (QED) is 0.806. The molecule has 3 aromatic rings. The topological polar surface area (TPSA) is 59.8 Å². The van der Waals surface area contributed by atoms with E-state index in [9.17, 15) is 4.79 Å². The van der Waals surface area contributed by atoms with Crippen molar-refractivity contribution in [1.82, 2.24) is 20.1 Å². The minimum atomic E-state index is -0.118. The Hall–Kier alpha value is -2.95. The standard InChI is InChI=1S/C18H16N4O/c23-18(20-14-8-9-14)16-11-17(13-5-4-10-19-12-13)22(21-16)15-6-2-1-3-7-15/h1-7,10-12,14H,8-9H2,(H,20,23). The molecule has 1 N–H and O–H groups in total. The van der Waals surface area contributed by atoms with E-state index in [1.54, 1.807) is 17.1 Å². The van der Waals surface area contributed by atoms with Gasteiger partial charge in [-0.3, -0.25) is 9.78 Å². The molecule has 114 valence electrons. The Labute approximate surface area is 134 Å². The van der Waals surface area contributed by atoms with Gasteiger partial charge in [-0.2, -0.15) is 5.10 Å². The van der Waals surface area contributed by atoms with Crippen molar-refractivity contribution in [3.05, 3.63) is 66.6 Å². The summed E-state index contributed by atoms with van der Waals surface area (Å²) in [6.07, 6.45) is 5.62. The molecule has 0 saturated heterocycles. The molecule has 4 rings (SSSR count). The van der Waals surface area contributed by atoms with Gasteiger partial charge in [0.15, 0.2) is 5.69 Å². The predicted molar refractivity (Wildman–Crippen MR) is 87.3 cm³/mol. The van der Waals surface area contributed by atoms with E-state index in [4.69, 9.17) is 0 Å². The maximum atomic E-state index is 12.3. The summed E-state index contributed by atoms with van der Waals surface area (Å²) in [6, 6.07) is 15.8. The zero-order valence-corrected chi connectivity index (χ0v) is 12.5. The third-order valence-corrected chi connectivity index (χ3v) is 3.81. The van der Waals surface area contributed by atoms with E-state index in [2.05, 4.69) is 15.4 Å². The van der Waals surface area contributed by atoms with Crippen LogP contribution in [-0.2, 0) is 0 Å². The number of carbonyl (C=O) groups is 1. The van der Waals surface area contributed by atoms with Crippen LogP contribution in [0.15, 0.2) is 60.9 Å². The number of amides is 1. The molecule has 0 spiro atoms. The maximum Gasteiger partial charge on any atom is 0.272 e. The number of nitrogens with zero attached hydrogens (tertiary/aromatic N) is 3. The predicted octanol–water partition coefficient (Wildman–Crippen LogP) is 2.83. The normalized spacial score (nSPS) is 13.7. The van der Waals surface area contributed by atoms with Gasteiger partial charge in [-0.15, -0.1) is 0 Å². The Morgan fingerprint density at radius 1 is 1.13 bits per heavy atom. The molecule has 1 fully saturated rings.